The van der Waals surface area contributed by atoms with Crippen LogP contribution in [0.5, 0.6) is 0 Å². The van der Waals surface area contributed by atoms with Gasteiger partial charge in [0.25, 0.3) is 0 Å². The molecule has 0 amide bonds. The maximum atomic E-state index is 11.1. The van der Waals surface area contributed by atoms with Gasteiger partial charge in [-0.25, -0.2) is 4.68 Å². The van der Waals surface area contributed by atoms with E-state index in [-0.39, 0.29) is 5.69 Å². The second-order valence-corrected chi connectivity index (χ2v) is 5.42. The SMILES string of the molecule is Cc1nn(C)c(NCCc2ccc(Cl)cc2Cl)c1[N+](=O)[O-]. The zero-order valence-electron chi connectivity index (χ0n) is 11.6. The molecule has 0 bridgehead atoms. The van der Waals surface area contributed by atoms with Gasteiger partial charge in [0.1, 0.15) is 5.69 Å². The fourth-order valence-electron chi connectivity index (χ4n) is 2.10. The summed E-state index contributed by atoms with van der Waals surface area (Å²) in [7, 11) is 1.66. The molecule has 0 fully saturated rings. The Morgan fingerprint density at radius 1 is 1.43 bits per heavy atom. The van der Waals surface area contributed by atoms with Crippen LogP contribution in [0.1, 0.15) is 11.3 Å². The summed E-state index contributed by atoms with van der Waals surface area (Å²) >= 11 is 11.9. The molecule has 1 aromatic carbocycles. The standard InChI is InChI=1S/C13H14Cl2N4O2/c1-8-12(19(20)21)13(18(2)17-8)16-6-5-9-3-4-10(14)7-11(9)15/h3-4,7,16H,5-6H2,1-2H3. The lowest BCUT2D eigenvalue weighted by Crippen LogP contribution is -2.10. The highest BCUT2D eigenvalue weighted by Crippen LogP contribution is 2.27. The molecule has 1 aromatic heterocycles. The minimum atomic E-state index is -0.431. The van der Waals surface area contributed by atoms with Gasteiger partial charge in [-0.1, -0.05) is 29.3 Å². The van der Waals surface area contributed by atoms with E-state index >= 15 is 0 Å². The largest absolute Gasteiger partial charge is 0.364 e. The second kappa shape index (κ2) is 6.32. The average Bonchev–Trinajstić information content (AvgIpc) is 2.66. The average molecular weight is 329 g/mol. The second-order valence-electron chi connectivity index (χ2n) is 4.58. The summed E-state index contributed by atoms with van der Waals surface area (Å²) in [6.07, 6.45) is 0.622. The van der Waals surface area contributed by atoms with Crippen molar-refractivity contribution in [2.24, 2.45) is 7.05 Å². The maximum Gasteiger partial charge on any atom is 0.333 e. The van der Waals surface area contributed by atoms with Gasteiger partial charge in [0.2, 0.25) is 5.82 Å². The third kappa shape index (κ3) is 3.46. The monoisotopic (exact) mass is 328 g/mol. The van der Waals surface area contributed by atoms with Crippen molar-refractivity contribution in [2.45, 2.75) is 13.3 Å². The van der Waals surface area contributed by atoms with Crippen LogP contribution in [-0.2, 0) is 13.5 Å². The number of aromatic nitrogens is 2. The number of rotatable bonds is 5. The Morgan fingerprint density at radius 3 is 2.76 bits per heavy atom. The van der Waals surface area contributed by atoms with Gasteiger partial charge in [-0.05, 0) is 31.0 Å². The van der Waals surface area contributed by atoms with Crippen molar-refractivity contribution < 1.29 is 4.92 Å². The highest BCUT2D eigenvalue weighted by Gasteiger charge is 2.23. The molecule has 2 aromatic rings. The van der Waals surface area contributed by atoms with Crippen LogP contribution in [0.4, 0.5) is 11.5 Å². The van der Waals surface area contributed by atoms with Gasteiger partial charge in [0.05, 0.1) is 4.92 Å². The van der Waals surface area contributed by atoms with Crippen LogP contribution < -0.4 is 5.32 Å². The van der Waals surface area contributed by atoms with Crippen LogP contribution >= 0.6 is 23.2 Å². The van der Waals surface area contributed by atoms with Gasteiger partial charge in [0, 0.05) is 23.6 Å². The molecule has 0 aliphatic heterocycles. The Balaban J connectivity index is 2.09. The third-order valence-electron chi connectivity index (χ3n) is 3.08. The van der Waals surface area contributed by atoms with E-state index in [4.69, 9.17) is 23.2 Å². The number of hydrogen-bond acceptors (Lipinski definition) is 4. The molecular formula is C13H14Cl2N4O2. The van der Waals surface area contributed by atoms with Gasteiger partial charge < -0.3 is 5.32 Å². The molecule has 0 aliphatic carbocycles. The van der Waals surface area contributed by atoms with E-state index < -0.39 is 4.92 Å². The van der Waals surface area contributed by atoms with Crippen molar-refractivity contribution in [1.29, 1.82) is 0 Å². The number of halogens is 2. The molecule has 1 N–H and O–H groups in total. The molecule has 0 saturated carbocycles. The number of nitro groups is 1. The molecule has 1 heterocycles. The van der Waals surface area contributed by atoms with Crippen molar-refractivity contribution >= 4 is 34.7 Å². The summed E-state index contributed by atoms with van der Waals surface area (Å²) in [4.78, 5) is 10.6. The lowest BCUT2D eigenvalue weighted by Gasteiger charge is -2.08. The number of aryl methyl sites for hydroxylation is 2. The molecule has 6 nitrogen and oxygen atoms in total. The van der Waals surface area contributed by atoms with E-state index in [1.54, 1.807) is 26.1 Å². The summed E-state index contributed by atoms with van der Waals surface area (Å²) in [5, 5.41) is 19.3. The highest BCUT2D eigenvalue weighted by molar-refractivity contribution is 6.35. The number of nitrogens with one attached hydrogen (secondary N) is 1. The van der Waals surface area contributed by atoms with Crippen LogP contribution in [0.15, 0.2) is 18.2 Å². The van der Waals surface area contributed by atoms with Crippen LogP contribution in [0, 0.1) is 17.0 Å². The summed E-state index contributed by atoms with van der Waals surface area (Å²) < 4.78 is 1.47. The first-order valence-electron chi connectivity index (χ1n) is 6.26. The predicted octanol–water partition coefficient (Wildman–Crippen LogP) is 3.60. The van der Waals surface area contributed by atoms with Gasteiger partial charge in [0.15, 0.2) is 0 Å². The Kier molecular flexibility index (Phi) is 4.69. The molecule has 0 unspecified atom stereocenters. The normalized spacial score (nSPS) is 10.7. The molecule has 0 atom stereocenters. The van der Waals surface area contributed by atoms with Gasteiger partial charge in [-0.15, -0.1) is 0 Å². The summed E-state index contributed by atoms with van der Waals surface area (Å²) in [6, 6.07) is 5.28. The molecule has 2 rings (SSSR count). The topological polar surface area (TPSA) is 73.0 Å². The molecule has 0 saturated heterocycles. The highest BCUT2D eigenvalue weighted by atomic mass is 35.5. The van der Waals surface area contributed by atoms with Crippen LogP contribution in [0.25, 0.3) is 0 Å². The van der Waals surface area contributed by atoms with Crippen LogP contribution in [0.3, 0.4) is 0 Å². The zero-order valence-corrected chi connectivity index (χ0v) is 13.1. The van der Waals surface area contributed by atoms with Crippen molar-refractivity contribution in [1.82, 2.24) is 9.78 Å². The number of benzene rings is 1. The van der Waals surface area contributed by atoms with Gasteiger partial charge in [-0.3, -0.25) is 10.1 Å². The van der Waals surface area contributed by atoms with Crippen molar-refractivity contribution in [3.8, 4) is 0 Å². The molecule has 0 spiro atoms. The quantitative estimate of drug-likeness (QED) is 0.672. The lowest BCUT2D eigenvalue weighted by molar-refractivity contribution is -0.384. The summed E-state index contributed by atoms with van der Waals surface area (Å²) in [6.45, 7) is 2.11. The first-order chi connectivity index (χ1) is 9.90. The van der Waals surface area contributed by atoms with Crippen molar-refractivity contribution in [3.05, 3.63) is 49.6 Å². The molecule has 112 valence electrons. The third-order valence-corrected chi connectivity index (χ3v) is 3.66. The van der Waals surface area contributed by atoms with E-state index in [0.29, 0.717) is 34.5 Å². The van der Waals surface area contributed by atoms with Gasteiger partial charge in [-0.2, -0.15) is 5.10 Å². The molecule has 0 radical (unpaired) electrons. The predicted molar refractivity (Wildman–Crippen MR) is 83.3 cm³/mol. The Bertz CT molecular complexity index is 685. The number of nitrogens with zero attached hydrogens (tertiary/aromatic N) is 3. The molecule has 8 heteroatoms. The fourth-order valence-corrected chi connectivity index (χ4v) is 2.61. The number of hydrogen-bond donors (Lipinski definition) is 1. The minimum Gasteiger partial charge on any atom is -0.364 e. The molecule has 21 heavy (non-hydrogen) atoms. The van der Waals surface area contributed by atoms with E-state index in [1.807, 2.05) is 6.07 Å². The molecular weight excluding hydrogens is 315 g/mol. The van der Waals surface area contributed by atoms with Crippen molar-refractivity contribution in [3.63, 3.8) is 0 Å². The smallest absolute Gasteiger partial charge is 0.333 e. The summed E-state index contributed by atoms with van der Waals surface area (Å²) in [5.41, 5.74) is 1.31. The van der Waals surface area contributed by atoms with E-state index in [0.717, 1.165) is 5.56 Å². The zero-order chi connectivity index (χ0) is 15.6. The summed E-state index contributed by atoms with van der Waals surface area (Å²) in [5.74, 6) is 0.391. The lowest BCUT2D eigenvalue weighted by atomic mass is 10.1. The Labute approximate surface area is 131 Å². The van der Waals surface area contributed by atoms with Crippen LogP contribution in [0.2, 0.25) is 10.0 Å². The van der Waals surface area contributed by atoms with Crippen LogP contribution in [-0.4, -0.2) is 21.2 Å². The fraction of sp³-hybridized carbons (Fsp3) is 0.308. The van der Waals surface area contributed by atoms with E-state index in [1.165, 1.54) is 4.68 Å². The Morgan fingerprint density at radius 2 is 2.14 bits per heavy atom. The maximum absolute atomic E-state index is 11.1. The first kappa shape index (κ1) is 15.6. The van der Waals surface area contributed by atoms with Gasteiger partial charge >= 0.3 is 5.69 Å². The Hall–Kier alpha value is -1.79. The minimum absolute atomic E-state index is 0.000275. The first-order valence-corrected chi connectivity index (χ1v) is 7.01. The van der Waals surface area contributed by atoms with E-state index in [2.05, 4.69) is 10.4 Å². The van der Waals surface area contributed by atoms with Crippen molar-refractivity contribution in [2.75, 3.05) is 11.9 Å². The van der Waals surface area contributed by atoms with E-state index in [9.17, 15) is 10.1 Å². The number of anilines is 1. The molecule has 0 aliphatic rings.